The number of carbonyl (C=O) groups is 2. The molecule has 2 rings (SSSR count). The number of carboxylic acids is 1. The van der Waals surface area contributed by atoms with Crippen molar-refractivity contribution in [2.75, 3.05) is 5.32 Å². The first-order valence-corrected chi connectivity index (χ1v) is 6.55. The van der Waals surface area contributed by atoms with Crippen LogP contribution in [-0.4, -0.2) is 17.1 Å². The molecule has 108 valence electrons. The van der Waals surface area contributed by atoms with Gasteiger partial charge < -0.3 is 15.7 Å². The number of rotatable bonds is 4. The standard InChI is InChI=1S/C15H13ClN2O3/c16-11-6-7-12(14(19)20)13(8-11)18-15(21)17-9-10-4-2-1-3-5-10/h1-8H,9H2,(H,19,20)(H2,17,18,21). The van der Waals surface area contributed by atoms with Gasteiger partial charge in [-0.15, -0.1) is 0 Å². The first-order valence-electron chi connectivity index (χ1n) is 6.18. The van der Waals surface area contributed by atoms with E-state index in [1.807, 2.05) is 30.3 Å². The Bertz CT molecular complexity index is 659. The van der Waals surface area contributed by atoms with Gasteiger partial charge in [0.15, 0.2) is 0 Å². The van der Waals surface area contributed by atoms with Crippen molar-refractivity contribution in [3.05, 3.63) is 64.7 Å². The van der Waals surface area contributed by atoms with E-state index in [1.165, 1.54) is 18.2 Å². The van der Waals surface area contributed by atoms with Gasteiger partial charge in [0.25, 0.3) is 0 Å². The van der Waals surface area contributed by atoms with Crippen LogP contribution in [0.4, 0.5) is 10.5 Å². The van der Waals surface area contributed by atoms with E-state index in [2.05, 4.69) is 10.6 Å². The summed E-state index contributed by atoms with van der Waals surface area (Å²) in [4.78, 5) is 22.9. The number of hydrogen-bond donors (Lipinski definition) is 3. The maximum Gasteiger partial charge on any atom is 0.337 e. The minimum absolute atomic E-state index is 0.0192. The average molecular weight is 305 g/mol. The molecule has 0 saturated heterocycles. The van der Waals surface area contributed by atoms with E-state index >= 15 is 0 Å². The number of nitrogens with one attached hydrogen (secondary N) is 2. The second-order valence-corrected chi connectivity index (χ2v) is 4.72. The topological polar surface area (TPSA) is 78.4 Å². The summed E-state index contributed by atoms with van der Waals surface area (Å²) in [5.41, 5.74) is 1.08. The first kappa shape index (κ1) is 14.9. The summed E-state index contributed by atoms with van der Waals surface area (Å²) in [6.07, 6.45) is 0. The minimum Gasteiger partial charge on any atom is -0.478 e. The molecule has 21 heavy (non-hydrogen) atoms. The number of hydrogen-bond acceptors (Lipinski definition) is 2. The summed E-state index contributed by atoms with van der Waals surface area (Å²) in [7, 11) is 0. The number of benzene rings is 2. The molecular weight excluding hydrogens is 292 g/mol. The monoisotopic (exact) mass is 304 g/mol. The SMILES string of the molecule is O=C(NCc1ccccc1)Nc1cc(Cl)ccc1C(=O)O. The van der Waals surface area contributed by atoms with Gasteiger partial charge in [0, 0.05) is 11.6 Å². The van der Waals surface area contributed by atoms with Gasteiger partial charge in [0.1, 0.15) is 0 Å². The summed E-state index contributed by atoms with van der Waals surface area (Å²) >= 11 is 5.81. The molecule has 0 spiro atoms. The van der Waals surface area contributed by atoms with Crippen molar-refractivity contribution >= 4 is 29.3 Å². The van der Waals surface area contributed by atoms with Crippen LogP contribution in [0.15, 0.2) is 48.5 Å². The molecule has 5 nitrogen and oxygen atoms in total. The zero-order chi connectivity index (χ0) is 15.2. The maximum atomic E-state index is 11.8. The van der Waals surface area contributed by atoms with Crippen LogP contribution >= 0.6 is 11.6 Å². The summed E-state index contributed by atoms with van der Waals surface area (Å²) in [6, 6.07) is 13.1. The van der Waals surface area contributed by atoms with Gasteiger partial charge in [-0.2, -0.15) is 0 Å². The molecule has 2 aromatic carbocycles. The van der Waals surface area contributed by atoms with Gasteiger partial charge in [-0.05, 0) is 23.8 Å². The smallest absolute Gasteiger partial charge is 0.337 e. The van der Waals surface area contributed by atoms with Crippen LogP contribution in [0.3, 0.4) is 0 Å². The summed E-state index contributed by atoms with van der Waals surface area (Å²) in [5.74, 6) is -1.13. The Morgan fingerprint density at radius 3 is 2.48 bits per heavy atom. The third kappa shape index (κ3) is 4.22. The number of aromatic carboxylic acids is 1. The van der Waals surface area contributed by atoms with Gasteiger partial charge in [0.2, 0.25) is 0 Å². The average Bonchev–Trinajstić information content (AvgIpc) is 2.46. The van der Waals surface area contributed by atoms with Crippen LogP contribution in [-0.2, 0) is 6.54 Å². The van der Waals surface area contributed by atoms with Crippen molar-refractivity contribution in [2.24, 2.45) is 0 Å². The molecule has 0 aliphatic rings. The van der Waals surface area contributed by atoms with Crippen LogP contribution in [0, 0.1) is 0 Å². The molecule has 0 unspecified atom stereocenters. The molecule has 2 amide bonds. The lowest BCUT2D eigenvalue weighted by atomic mass is 10.2. The van der Waals surface area contributed by atoms with Gasteiger partial charge >= 0.3 is 12.0 Å². The Morgan fingerprint density at radius 2 is 1.81 bits per heavy atom. The van der Waals surface area contributed by atoms with Crippen molar-refractivity contribution in [3.63, 3.8) is 0 Å². The fourth-order valence-corrected chi connectivity index (χ4v) is 1.92. The summed E-state index contributed by atoms with van der Waals surface area (Å²) < 4.78 is 0. The molecule has 0 saturated carbocycles. The molecule has 0 heterocycles. The van der Waals surface area contributed by atoms with Crippen molar-refractivity contribution in [1.29, 1.82) is 0 Å². The predicted molar refractivity (Wildman–Crippen MR) is 80.7 cm³/mol. The number of carbonyl (C=O) groups excluding carboxylic acids is 1. The third-order valence-corrected chi connectivity index (χ3v) is 2.99. The van der Waals surface area contributed by atoms with E-state index in [-0.39, 0.29) is 11.3 Å². The van der Waals surface area contributed by atoms with Crippen LogP contribution in [0.2, 0.25) is 5.02 Å². The Kier molecular flexibility index (Phi) is 4.79. The number of urea groups is 1. The maximum absolute atomic E-state index is 11.8. The van der Waals surface area contributed by atoms with Gasteiger partial charge in [0.05, 0.1) is 11.3 Å². The van der Waals surface area contributed by atoms with E-state index in [4.69, 9.17) is 16.7 Å². The van der Waals surface area contributed by atoms with Gasteiger partial charge in [-0.25, -0.2) is 9.59 Å². The lowest BCUT2D eigenvalue weighted by molar-refractivity contribution is 0.0698. The van der Waals surface area contributed by atoms with Crippen molar-refractivity contribution < 1.29 is 14.7 Å². The molecule has 0 radical (unpaired) electrons. The number of carboxylic acid groups (broad SMARTS) is 1. The third-order valence-electron chi connectivity index (χ3n) is 2.76. The van der Waals surface area contributed by atoms with Gasteiger partial charge in [-0.1, -0.05) is 41.9 Å². The van der Waals surface area contributed by atoms with E-state index in [9.17, 15) is 9.59 Å². The summed E-state index contributed by atoms with van der Waals surface area (Å²) in [5, 5.41) is 14.5. The Morgan fingerprint density at radius 1 is 1.10 bits per heavy atom. The van der Waals surface area contributed by atoms with Crippen molar-refractivity contribution in [2.45, 2.75) is 6.54 Å². The fraction of sp³-hybridized carbons (Fsp3) is 0.0667. The van der Waals surface area contributed by atoms with Crippen molar-refractivity contribution in [3.8, 4) is 0 Å². The van der Waals surface area contributed by atoms with Crippen molar-refractivity contribution in [1.82, 2.24) is 5.32 Å². The lowest BCUT2D eigenvalue weighted by Gasteiger charge is -2.10. The lowest BCUT2D eigenvalue weighted by Crippen LogP contribution is -2.28. The largest absolute Gasteiger partial charge is 0.478 e. The van der Waals surface area contributed by atoms with E-state index in [0.717, 1.165) is 5.56 Å². The Hall–Kier alpha value is -2.53. The molecule has 0 bridgehead atoms. The molecule has 6 heteroatoms. The molecular formula is C15H13ClN2O3. The number of amides is 2. The zero-order valence-corrected chi connectivity index (χ0v) is 11.7. The molecule has 0 aliphatic carbocycles. The van der Waals surface area contributed by atoms with E-state index in [1.54, 1.807) is 0 Å². The molecule has 0 aromatic heterocycles. The highest BCUT2D eigenvalue weighted by Crippen LogP contribution is 2.21. The molecule has 3 N–H and O–H groups in total. The van der Waals surface area contributed by atoms with Crippen LogP contribution in [0.25, 0.3) is 0 Å². The van der Waals surface area contributed by atoms with E-state index < -0.39 is 12.0 Å². The quantitative estimate of drug-likeness (QED) is 0.810. The minimum atomic E-state index is -1.13. The second kappa shape index (κ2) is 6.76. The molecule has 0 aliphatic heterocycles. The fourth-order valence-electron chi connectivity index (χ4n) is 1.75. The predicted octanol–water partition coefficient (Wildman–Crippen LogP) is 3.36. The molecule has 0 atom stereocenters. The molecule has 2 aromatic rings. The first-order chi connectivity index (χ1) is 10.1. The van der Waals surface area contributed by atoms with Crippen LogP contribution in [0.1, 0.15) is 15.9 Å². The highest BCUT2D eigenvalue weighted by Gasteiger charge is 2.12. The van der Waals surface area contributed by atoms with E-state index in [0.29, 0.717) is 11.6 Å². The summed E-state index contributed by atoms with van der Waals surface area (Å²) in [6.45, 7) is 0.343. The normalized spacial score (nSPS) is 9.95. The number of anilines is 1. The Labute approximate surface area is 126 Å². The number of halogens is 1. The highest BCUT2D eigenvalue weighted by molar-refractivity contribution is 6.31. The molecule has 0 fully saturated rings. The highest BCUT2D eigenvalue weighted by atomic mass is 35.5. The van der Waals surface area contributed by atoms with Crippen LogP contribution < -0.4 is 10.6 Å². The second-order valence-electron chi connectivity index (χ2n) is 4.29. The van der Waals surface area contributed by atoms with Crippen LogP contribution in [0.5, 0.6) is 0 Å². The van der Waals surface area contributed by atoms with Gasteiger partial charge in [-0.3, -0.25) is 0 Å². The zero-order valence-electron chi connectivity index (χ0n) is 11.0. The Balaban J connectivity index is 2.02.